The van der Waals surface area contributed by atoms with E-state index >= 15 is 0 Å². The van der Waals surface area contributed by atoms with E-state index in [4.69, 9.17) is 10.00 Å². The van der Waals surface area contributed by atoms with Gasteiger partial charge in [-0.1, -0.05) is 12.1 Å². The Balaban J connectivity index is 2.38. The van der Waals surface area contributed by atoms with Gasteiger partial charge >= 0.3 is 0 Å². The van der Waals surface area contributed by atoms with E-state index in [0.29, 0.717) is 11.3 Å². The molecule has 0 unspecified atom stereocenters. The molecular weight excluding hydrogens is 214 g/mol. The predicted octanol–water partition coefficient (Wildman–Crippen LogP) is 2.76. The van der Waals surface area contributed by atoms with Crippen molar-refractivity contribution in [1.29, 1.82) is 5.26 Å². The zero-order chi connectivity index (χ0) is 12.3. The monoisotopic (exact) mass is 225 g/mol. The molecule has 0 N–H and O–H groups in total. The van der Waals surface area contributed by atoms with Gasteiger partial charge in [0.1, 0.15) is 17.4 Å². The highest BCUT2D eigenvalue weighted by molar-refractivity contribution is 5.42. The van der Waals surface area contributed by atoms with E-state index in [2.05, 4.69) is 10.2 Å². The number of ether oxygens (including phenoxy) is 1. The number of rotatable bonds is 2. The van der Waals surface area contributed by atoms with Gasteiger partial charge in [0.25, 0.3) is 5.88 Å². The van der Waals surface area contributed by atoms with E-state index < -0.39 is 0 Å². The van der Waals surface area contributed by atoms with Crippen LogP contribution in [0.1, 0.15) is 16.7 Å². The Morgan fingerprint density at radius 3 is 2.82 bits per heavy atom. The van der Waals surface area contributed by atoms with Gasteiger partial charge in [0, 0.05) is 0 Å². The molecule has 0 amide bonds. The fourth-order valence-corrected chi connectivity index (χ4v) is 1.40. The van der Waals surface area contributed by atoms with E-state index in [-0.39, 0.29) is 5.88 Å². The standard InChI is InChI=1S/C13H11N3O/c1-9-3-4-10(2)12(7-9)17-13-11(8-14)5-6-15-16-13/h3-7H,1-2H3. The van der Waals surface area contributed by atoms with Crippen LogP contribution in [0.15, 0.2) is 30.5 Å². The Kier molecular flexibility index (Phi) is 3.01. The van der Waals surface area contributed by atoms with Crippen molar-refractivity contribution in [2.75, 3.05) is 0 Å². The summed E-state index contributed by atoms with van der Waals surface area (Å²) in [6.45, 7) is 3.92. The maximum atomic E-state index is 8.92. The van der Waals surface area contributed by atoms with Gasteiger partial charge in [0.2, 0.25) is 0 Å². The Morgan fingerprint density at radius 2 is 2.06 bits per heavy atom. The van der Waals surface area contributed by atoms with Gasteiger partial charge in [-0.05, 0) is 37.1 Å². The molecule has 2 aromatic rings. The van der Waals surface area contributed by atoms with Gasteiger partial charge in [-0.2, -0.15) is 10.4 Å². The second-order valence-electron chi connectivity index (χ2n) is 3.73. The number of hydrogen-bond acceptors (Lipinski definition) is 4. The van der Waals surface area contributed by atoms with Crippen LogP contribution in [0.3, 0.4) is 0 Å². The Hall–Kier alpha value is -2.41. The molecule has 1 aromatic heterocycles. The van der Waals surface area contributed by atoms with Crippen LogP contribution >= 0.6 is 0 Å². The van der Waals surface area contributed by atoms with Crippen LogP contribution in [-0.4, -0.2) is 10.2 Å². The summed E-state index contributed by atoms with van der Waals surface area (Å²) in [6, 6.07) is 9.48. The van der Waals surface area contributed by atoms with Gasteiger partial charge in [-0.25, -0.2) is 0 Å². The van der Waals surface area contributed by atoms with Crippen molar-refractivity contribution in [3.63, 3.8) is 0 Å². The topological polar surface area (TPSA) is 58.8 Å². The molecule has 0 spiro atoms. The van der Waals surface area contributed by atoms with Gasteiger partial charge in [-0.3, -0.25) is 0 Å². The number of benzene rings is 1. The van der Waals surface area contributed by atoms with Crippen LogP contribution in [0.5, 0.6) is 11.6 Å². The van der Waals surface area contributed by atoms with Gasteiger partial charge in [0.05, 0.1) is 6.20 Å². The lowest BCUT2D eigenvalue weighted by atomic mass is 10.1. The fourth-order valence-electron chi connectivity index (χ4n) is 1.40. The number of aryl methyl sites for hydroxylation is 2. The first-order valence-electron chi connectivity index (χ1n) is 5.17. The summed E-state index contributed by atoms with van der Waals surface area (Å²) < 4.78 is 5.62. The Labute approximate surface area is 99.5 Å². The van der Waals surface area contributed by atoms with Crippen molar-refractivity contribution in [3.05, 3.63) is 47.2 Å². The number of aromatic nitrogens is 2. The van der Waals surface area contributed by atoms with Gasteiger partial charge < -0.3 is 4.74 Å². The normalized spacial score (nSPS) is 9.71. The third-order valence-corrected chi connectivity index (χ3v) is 2.36. The zero-order valence-corrected chi connectivity index (χ0v) is 9.64. The van der Waals surface area contributed by atoms with Crippen molar-refractivity contribution >= 4 is 0 Å². The highest BCUT2D eigenvalue weighted by atomic mass is 16.5. The van der Waals surface area contributed by atoms with Crippen LogP contribution in [0.25, 0.3) is 0 Å². The summed E-state index contributed by atoms with van der Waals surface area (Å²) in [6.07, 6.45) is 1.47. The lowest BCUT2D eigenvalue weighted by molar-refractivity contribution is 0.450. The Morgan fingerprint density at radius 1 is 1.24 bits per heavy atom. The number of nitrogens with zero attached hydrogens (tertiary/aromatic N) is 3. The average molecular weight is 225 g/mol. The van der Waals surface area contributed by atoms with Crippen molar-refractivity contribution in [3.8, 4) is 17.7 Å². The molecule has 84 valence electrons. The maximum absolute atomic E-state index is 8.92. The van der Waals surface area contributed by atoms with Crippen molar-refractivity contribution in [1.82, 2.24) is 10.2 Å². The first-order chi connectivity index (χ1) is 8.20. The van der Waals surface area contributed by atoms with Gasteiger partial charge in [0.15, 0.2) is 0 Å². The summed E-state index contributed by atoms with van der Waals surface area (Å²) in [5.74, 6) is 0.936. The molecule has 2 rings (SSSR count). The van der Waals surface area contributed by atoms with Crippen molar-refractivity contribution < 1.29 is 4.74 Å². The lowest BCUT2D eigenvalue weighted by Gasteiger charge is -2.08. The molecule has 17 heavy (non-hydrogen) atoms. The van der Waals surface area contributed by atoms with Crippen molar-refractivity contribution in [2.45, 2.75) is 13.8 Å². The quantitative estimate of drug-likeness (QED) is 0.788. The van der Waals surface area contributed by atoms with E-state index in [1.165, 1.54) is 6.20 Å². The number of hydrogen-bond donors (Lipinski definition) is 0. The third-order valence-electron chi connectivity index (χ3n) is 2.36. The van der Waals surface area contributed by atoms with Crippen LogP contribution < -0.4 is 4.74 Å². The second-order valence-corrected chi connectivity index (χ2v) is 3.73. The molecule has 4 heteroatoms. The van der Waals surface area contributed by atoms with E-state index in [0.717, 1.165) is 11.1 Å². The molecule has 0 bridgehead atoms. The summed E-state index contributed by atoms with van der Waals surface area (Å²) in [5, 5.41) is 16.5. The van der Waals surface area contributed by atoms with E-state index in [1.54, 1.807) is 6.07 Å². The molecule has 0 fully saturated rings. The SMILES string of the molecule is Cc1ccc(C)c(Oc2nnccc2C#N)c1. The molecule has 0 atom stereocenters. The van der Waals surface area contributed by atoms with Crippen LogP contribution in [0, 0.1) is 25.2 Å². The molecule has 0 aliphatic rings. The summed E-state index contributed by atoms with van der Waals surface area (Å²) in [7, 11) is 0. The average Bonchev–Trinajstić information content (AvgIpc) is 2.34. The Bertz CT molecular complexity index is 587. The van der Waals surface area contributed by atoms with Crippen LogP contribution in [0.4, 0.5) is 0 Å². The predicted molar refractivity (Wildman–Crippen MR) is 62.7 cm³/mol. The van der Waals surface area contributed by atoms with E-state index in [9.17, 15) is 0 Å². The first-order valence-corrected chi connectivity index (χ1v) is 5.17. The van der Waals surface area contributed by atoms with Gasteiger partial charge in [-0.15, -0.1) is 5.10 Å². The minimum Gasteiger partial charge on any atom is -0.436 e. The number of nitriles is 1. The summed E-state index contributed by atoms with van der Waals surface area (Å²) >= 11 is 0. The largest absolute Gasteiger partial charge is 0.436 e. The lowest BCUT2D eigenvalue weighted by Crippen LogP contribution is -1.95. The molecule has 1 heterocycles. The molecule has 4 nitrogen and oxygen atoms in total. The summed E-state index contributed by atoms with van der Waals surface area (Å²) in [5.41, 5.74) is 2.46. The molecule has 0 saturated carbocycles. The van der Waals surface area contributed by atoms with Crippen LogP contribution in [-0.2, 0) is 0 Å². The minimum atomic E-state index is 0.240. The molecular formula is C13H11N3O. The highest BCUT2D eigenvalue weighted by Crippen LogP contribution is 2.26. The summed E-state index contributed by atoms with van der Waals surface area (Å²) in [4.78, 5) is 0. The molecule has 1 aromatic carbocycles. The smallest absolute Gasteiger partial charge is 0.256 e. The zero-order valence-electron chi connectivity index (χ0n) is 9.64. The van der Waals surface area contributed by atoms with Crippen LogP contribution in [0.2, 0.25) is 0 Å². The second kappa shape index (κ2) is 4.62. The fraction of sp³-hybridized carbons (Fsp3) is 0.154. The minimum absolute atomic E-state index is 0.240. The van der Waals surface area contributed by atoms with Crippen molar-refractivity contribution in [2.24, 2.45) is 0 Å². The molecule has 0 aliphatic carbocycles. The highest BCUT2D eigenvalue weighted by Gasteiger charge is 2.08. The maximum Gasteiger partial charge on any atom is 0.256 e. The van der Waals surface area contributed by atoms with E-state index in [1.807, 2.05) is 38.1 Å². The molecule has 0 saturated heterocycles. The first kappa shape index (κ1) is 11.1. The molecule has 0 radical (unpaired) electrons. The molecule has 0 aliphatic heterocycles. The third kappa shape index (κ3) is 2.40.